The van der Waals surface area contributed by atoms with Gasteiger partial charge in [-0.05, 0) is 87.7 Å². The largest absolute Gasteiger partial charge is 0.484 e. The average Bonchev–Trinajstić information content (AvgIpc) is 2.59. The first-order valence-corrected chi connectivity index (χ1v) is 9.97. The van der Waals surface area contributed by atoms with E-state index in [1.165, 1.54) is 45.4 Å². The smallest absolute Gasteiger partial charge is 0.258 e. The minimum Gasteiger partial charge on any atom is -0.484 e. The second kappa shape index (κ2) is 6.71. The van der Waals surface area contributed by atoms with Gasteiger partial charge in [0.1, 0.15) is 5.75 Å². The summed E-state index contributed by atoms with van der Waals surface area (Å²) < 4.78 is 5.61. The zero-order valence-electron chi connectivity index (χ0n) is 15.8. The van der Waals surface area contributed by atoms with Crippen molar-refractivity contribution in [3.05, 3.63) is 29.8 Å². The van der Waals surface area contributed by atoms with Gasteiger partial charge in [-0.3, -0.25) is 9.59 Å². The number of benzene rings is 1. The molecule has 4 nitrogen and oxygen atoms in total. The quantitative estimate of drug-likeness (QED) is 0.785. The fourth-order valence-electron chi connectivity index (χ4n) is 6.10. The molecule has 1 atom stereocenters. The molecule has 0 heterocycles. The van der Waals surface area contributed by atoms with Crippen LogP contribution in [0.5, 0.6) is 5.75 Å². The first-order valence-electron chi connectivity index (χ1n) is 9.97. The molecule has 140 valence electrons. The fraction of sp³-hybridized carbons (Fsp3) is 0.636. The van der Waals surface area contributed by atoms with E-state index in [-0.39, 0.29) is 24.3 Å². The van der Waals surface area contributed by atoms with Crippen molar-refractivity contribution in [1.29, 1.82) is 0 Å². The van der Waals surface area contributed by atoms with E-state index in [1.807, 2.05) is 0 Å². The van der Waals surface area contributed by atoms with Crippen molar-refractivity contribution in [2.45, 2.75) is 58.4 Å². The van der Waals surface area contributed by atoms with Gasteiger partial charge >= 0.3 is 0 Å². The molecule has 5 rings (SSSR count). The molecular formula is C22H29NO3. The van der Waals surface area contributed by atoms with Crippen LogP contribution in [0.4, 0.5) is 0 Å². The van der Waals surface area contributed by atoms with E-state index >= 15 is 0 Å². The van der Waals surface area contributed by atoms with E-state index in [1.54, 1.807) is 24.3 Å². The van der Waals surface area contributed by atoms with Crippen molar-refractivity contribution in [2.24, 2.45) is 23.2 Å². The Bertz CT molecular complexity index is 676. The van der Waals surface area contributed by atoms with Gasteiger partial charge in [-0.1, -0.05) is 12.1 Å². The molecule has 4 bridgehead atoms. The van der Waals surface area contributed by atoms with E-state index in [0.717, 1.165) is 17.8 Å². The van der Waals surface area contributed by atoms with Crippen molar-refractivity contribution in [3.63, 3.8) is 0 Å². The van der Waals surface area contributed by atoms with Crippen molar-refractivity contribution in [1.82, 2.24) is 5.32 Å². The monoisotopic (exact) mass is 355 g/mol. The van der Waals surface area contributed by atoms with Gasteiger partial charge < -0.3 is 10.1 Å². The van der Waals surface area contributed by atoms with Crippen LogP contribution in [-0.2, 0) is 4.79 Å². The van der Waals surface area contributed by atoms with Crippen molar-refractivity contribution in [3.8, 4) is 5.75 Å². The van der Waals surface area contributed by atoms with E-state index < -0.39 is 0 Å². The second-order valence-electron chi connectivity index (χ2n) is 8.94. The maximum absolute atomic E-state index is 12.4. The Morgan fingerprint density at radius 2 is 1.77 bits per heavy atom. The molecule has 0 spiro atoms. The zero-order chi connectivity index (χ0) is 18.3. The summed E-state index contributed by atoms with van der Waals surface area (Å²) in [5.74, 6) is 3.13. The Morgan fingerprint density at radius 3 is 2.35 bits per heavy atom. The fourth-order valence-corrected chi connectivity index (χ4v) is 6.10. The highest BCUT2D eigenvalue weighted by atomic mass is 16.5. The molecule has 4 heteroatoms. The standard InChI is InChI=1S/C22H29NO3/c1-14(24)19-4-3-5-20(9-19)26-13-21(25)23-15(2)22-10-16-6-17(11-22)8-18(7-16)12-22/h3-5,9,15-18H,6-8,10-13H2,1-2H3,(H,23,25). The molecule has 4 saturated carbocycles. The normalized spacial score (nSPS) is 32.9. The lowest BCUT2D eigenvalue weighted by molar-refractivity contribution is -0.127. The van der Waals surface area contributed by atoms with Gasteiger partial charge in [-0.15, -0.1) is 0 Å². The SMILES string of the molecule is CC(=O)c1cccc(OCC(=O)NC(C)C23CC4CC(CC(C4)C2)C3)c1. The highest BCUT2D eigenvalue weighted by Gasteiger charge is 2.53. The first-order chi connectivity index (χ1) is 12.4. The Morgan fingerprint density at radius 1 is 1.15 bits per heavy atom. The topological polar surface area (TPSA) is 55.4 Å². The van der Waals surface area contributed by atoms with E-state index in [0.29, 0.717) is 16.7 Å². The summed E-state index contributed by atoms with van der Waals surface area (Å²) in [6.07, 6.45) is 8.08. The van der Waals surface area contributed by atoms with Crippen LogP contribution in [0.3, 0.4) is 0 Å². The highest BCUT2D eigenvalue weighted by Crippen LogP contribution is 2.61. The predicted octanol–water partition coefficient (Wildman–Crippen LogP) is 3.99. The minimum atomic E-state index is -0.0681. The van der Waals surface area contributed by atoms with Gasteiger partial charge in [-0.2, -0.15) is 0 Å². The van der Waals surface area contributed by atoms with Crippen LogP contribution >= 0.6 is 0 Å². The third-order valence-electron chi connectivity index (χ3n) is 6.99. The molecule has 4 fully saturated rings. The molecule has 26 heavy (non-hydrogen) atoms. The molecule has 4 aliphatic carbocycles. The van der Waals surface area contributed by atoms with Crippen molar-refractivity contribution >= 4 is 11.7 Å². The summed E-state index contributed by atoms with van der Waals surface area (Å²) in [5, 5.41) is 3.21. The van der Waals surface area contributed by atoms with Gasteiger partial charge in [-0.25, -0.2) is 0 Å². The molecular weight excluding hydrogens is 326 g/mol. The molecule has 0 aliphatic heterocycles. The highest BCUT2D eigenvalue weighted by molar-refractivity contribution is 5.94. The lowest BCUT2D eigenvalue weighted by Crippen LogP contribution is -2.56. The number of hydrogen-bond donors (Lipinski definition) is 1. The van der Waals surface area contributed by atoms with Crippen LogP contribution in [0.1, 0.15) is 62.7 Å². The number of Topliss-reactive ketones (excluding diaryl/α,β-unsaturated/α-hetero) is 1. The maximum atomic E-state index is 12.4. The molecule has 0 radical (unpaired) electrons. The molecule has 1 amide bonds. The molecule has 1 unspecified atom stereocenters. The maximum Gasteiger partial charge on any atom is 0.258 e. The van der Waals surface area contributed by atoms with Crippen LogP contribution in [0, 0.1) is 23.2 Å². The van der Waals surface area contributed by atoms with Crippen LogP contribution in [-0.4, -0.2) is 24.3 Å². The summed E-state index contributed by atoms with van der Waals surface area (Å²) in [4.78, 5) is 23.9. The average molecular weight is 355 g/mol. The van der Waals surface area contributed by atoms with Gasteiger partial charge in [0, 0.05) is 11.6 Å². The molecule has 1 aromatic carbocycles. The number of ketones is 1. The van der Waals surface area contributed by atoms with E-state index in [9.17, 15) is 9.59 Å². The second-order valence-corrected chi connectivity index (χ2v) is 8.94. The van der Waals surface area contributed by atoms with E-state index in [2.05, 4.69) is 12.2 Å². The number of nitrogens with one attached hydrogen (secondary N) is 1. The molecule has 0 saturated heterocycles. The summed E-state index contributed by atoms with van der Waals surface area (Å²) in [6, 6.07) is 7.21. The lowest BCUT2D eigenvalue weighted by Gasteiger charge is -2.59. The number of rotatable bonds is 6. The molecule has 0 aromatic heterocycles. The summed E-state index contributed by atoms with van der Waals surface area (Å²) in [6.45, 7) is 3.71. The van der Waals surface area contributed by atoms with Gasteiger partial charge in [0.25, 0.3) is 5.91 Å². The van der Waals surface area contributed by atoms with Crippen LogP contribution < -0.4 is 10.1 Å². The minimum absolute atomic E-state index is 0.00192. The molecule has 1 N–H and O–H groups in total. The summed E-state index contributed by atoms with van der Waals surface area (Å²) >= 11 is 0. The number of hydrogen-bond acceptors (Lipinski definition) is 3. The number of carbonyl (C=O) groups excluding carboxylic acids is 2. The Balaban J connectivity index is 1.33. The number of ether oxygens (including phenoxy) is 1. The van der Waals surface area contributed by atoms with Crippen molar-refractivity contribution < 1.29 is 14.3 Å². The first kappa shape index (κ1) is 17.6. The summed E-state index contributed by atoms with van der Waals surface area (Å²) in [7, 11) is 0. The number of carbonyl (C=O) groups is 2. The zero-order valence-corrected chi connectivity index (χ0v) is 15.8. The predicted molar refractivity (Wildman–Crippen MR) is 100 cm³/mol. The molecule has 1 aromatic rings. The van der Waals surface area contributed by atoms with Gasteiger partial charge in [0.05, 0.1) is 0 Å². The van der Waals surface area contributed by atoms with Crippen LogP contribution in [0.25, 0.3) is 0 Å². The van der Waals surface area contributed by atoms with E-state index in [4.69, 9.17) is 4.74 Å². The molecule has 4 aliphatic rings. The Hall–Kier alpha value is -1.84. The number of amides is 1. The Kier molecular flexibility index (Phi) is 4.54. The van der Waals surface area contributed by atoms with Gasteiger partial charge in [0.2, 0.25) is 0 Å². The lowest BCUT2D eigenvalue weighted by atomic mass is 9.48. The third kappa shape index (κ3) is 3.38. The Labute approximate surface area is 155 Å². The van der Waals surface area contributed by atoms with Crippen LogP contribution in [0.2, 0.25) is 0 Å². The summed E-state index contributed by atoms with van der Waals surface area (Å²) in [5.41, 5.74) is 0.906. The van der Waals surface area contributed by atoms with Crippen molar-refractivity contribution in [2.75, 3.05) is 6.61 Å². The van der Waals surface area contributed by atoms with Gasteiger partial charge in [0.15, 0.2) is 12.4 Å². The van der Waals surface area contributed by atoms with Crippen LogP contribution in [0.15, 0.2) is 24.3 Å². The third-order valence-corrected chi connectivity index (χ3v) is 6.99.